The van der Waals surface area contributed by atoms with Gasteiger partial charge in [0.05, 0.1) is 17.6 Å². The van der Waals surface area contributed by atoms with Crippen LogP contribution in [0.25, 0.3) is 5.69 Å². The van der Waals surface area contributed by atoms with Crippen molar-refractivity contribution in [2.24, 2.45) is 18.9 Å². The summed E-state index contributed by atoms with van der Waals surface area (Å²) in [4.78, 5) is 17.1. The first-order valence-electron chi connectivity index (χ1n) is 8.52. The Kier molecular flexibility index (Phi) is 3.06. The highest BCUT2D eigenvalue weighted by atomic mass is 16.1. The van der Waals surface area contributed by atoms with E-state index >= 15 is 0 Å². The third-order valence-electron chi connectivity index (χ3n) is 6.14. The van der Waals surface area contributed by atoms with Gasteiger partial charge in [-0.15, -0.1) is 0 Å². The molecule has 0 amide bonds. The number of ketones is 1. The van der Waals surface area contributed by atoms with Crippen LogP contribution in [0, 0.1) is 18.8 Å². The lowest BCUT2D eigenvalue weighted by Gasteiger charge is -2.46. The van der Waals surface area contributed by atoms with Gasteiger partial charge in [0.2, 0.25) is 0 Å². The highest BCUT2D eigenvalue weighted by Gasteiger charge is 2.50. The van der Waals surface area contributed by atoms with E-state index in [1.807, 2.05) is 24.1 Å². The van der Waals surface area contributed by atoms with Crippen molar-refractivity contribution in [2.75, 3.05) is 0 Å². The maximum atomic E-state index is 12.2. The van der Waals surface area contributed by atoms with Gasteiger partial charge in [0.1, 0.15) is 11.6 Å². The molecule has 5 heteroatoms. The smallest absolute Gasteiger partial charge is 0.136 e. The van der Waals surface area contributed by atoms with E-state index in [9.17, 15) is 4.79 Å². The number of carbonyl (C=O) groups excluding carboxylic acids is 1. The van der Waals surface area contributed by atoms with Gasteiger partial charge in [0, 0.05) is 36.7 Å². The third-order valence-corrected chi connectivity index (χ3v) is 6.14. The number of Topliss-reactive ketones (excluding diaryl/α,β-unsaturated/α-hetero) is 1. The fourth-order valence-corrected chi connectivity index (χ4v) is 4.86. The van der Waals surface area contributed by atoms with E-state index in [4.69, 9.17) is 4.98 Å². The molecule has 23 heavy (non-hydrogen) atoms. The molecular formula is C18H24N4O. The molecule has 1 fully saturated rings. The highest BCUT2D eigenvalue weighted by molar-refractivity contribution is 5.82. The van der Waals surface area contributed by atoms with Gasteiger partial charge >= 0.3 is 0 Å². The minimum atomic E-state index is 0.0269. The molecule has 0 spiro atoms. The minimum absolute atomic E-state index is 0.0269. The molecule has 0 aliphatic heterocycles. The number of carbonyl (C=O) groups is 1. The zero-order valence-corrected chi connectivity index (χ0v) is 14.3. The summed E-state index contributed by atoms with van der Waals surface area (Å²) in [6, 6.07) is 0. The average molecular weight is 312 g/mol. The van der Waals surface area contributed by atoms with Crippen LogP contribution in [0.4, 0.5) is 0 Å². The van der Waals surface area contributed by atoms with Crippen molar-refractivity contribution in [3.8, 4) is 5.69 Å². The number of hydrogen-bond acceptors (Lipinski definition) is 3. The second-order valence-corrected chi connectivity index (χ2v) is 7.48. The van der Waals surface area contributed by atoms with Crippen molar-refractivity contribution in [2.45, 2.75) is 51.9 Å². The van der Waals surface area contributed by atoms with Gasteiger partial charge in [-0.3, -0.25) is 14.0 Å². The van der Waals surface area contributed by atoms with E-state index in [2.05, 4.69) is 30.4 Å². The first kappa shape index (κ1) is 14.7. The minimum Gasteiger partial charge on any atom is -0.299 e. The molecule has 2 aliphatic rings. The van der Waals surface area contributed by atoms with Crippen LogP contribution in [0.1, 0.15) is 50.3 Å². The van der Waals surface area contributed by atoms with E-state index in [0.717, 1.165) is 30.8 Å². The molecule has 2 aromatic heterocycles. The van der Waals surface area contributed by atoms with Gasteiger partial charge in [-0.2, -0.15) is 5.10 Å². The summed E-state index contributed by atoms with van der Waals surface area (Å²) in [7, 11) is 1.94. The van der Waals surface area contributed by atoms with Gasteiger partial charge < -0.3 is 0 Å². The van der Waals surface area contributed by atoms with E-state index < -0.39 is 0 Å². The topological polar surface area (TPSA) is 52.7 Å². The fraction of sp³-hybridized carbons (Fsp3) is 0.611. The van der Waals surface area contributed by atoms with Crippen LogP contribution in [0.15, 0.2) is 12.4 Å². The van der Waals surface area contributed by atoms with Gasteiger partial charge in [0.25, 0.3) is 0 Å². The number of fused-ring (bicyclic) bond motifs is 3. The Bertz CT molecular complexity index is 787. The van der Waals surface area contributed by atoms with Crippen molar-refractivity contribution in [3.05, 3.63) is 29.6 Å². The van der Waals surface area contributed by atoms with E-state index in [0.29, 0.717) is 18.1 Å². The molecule has 2 heterocycles. The second-order valence-electron chi connectivity index (χ2n) is 7.48. The molecular weight excluding hydrogens is 288 g/mol. The third kappa shape index (κ3) is 1.95. The lowest BCUT2D eigenvalue weighted by molar-refractivity contribution is -0.128. The lowest BCUT2D eigenvalue weighted by atomic mass is 9.57. The average Bonchev–Trinajstić information content (AvgIpc) is 3.07. The monoisotopic (exact) mass is 312 g/mol. The Morgan fingerprint density at radius 2 is 2.13 bits per heavy atom. The first-order valence-corrected chi connectivity index (χ1v) is 8.52. The predicted molar refractivity (Wildman–Crippen MR) is 87.6 cm³/mol. The molecule has 5 nitrogen and oxygen atoms in total. The molecule has 0 bridgehead atoms. The van der Waals surface area contributed by atoms with Gasteiger partial charge in [-0.05, 0) is 32.1 Å². The van der Waals surface area contributed by atoms with Crippen LogP contribution < -0.4 is 0 Å². The summed E-state index contributed by atoms with van der Waals surface area (Å²) >= 11 is 0. The first-order chi connectivity index (χ1) is 10.9. The molecule has 3 atom stereocenters. The Morgan fingerprint density at radius 3 is 2.83 bits per heavy atom. The van der Waals surface area contributed by atoms with Gasteiger partial charge in [0.15, 0.2) is 0 Å². The molecule has 0 unspecified atom stereocenters. The normalized spacial score (nSPS) is 30.2. The van der Waals surface area contributed by atoms with Crippen molar-refractivity contribution < 1.29 is 4.79 Å². The molecule has 4 rings (SSSR count). The molecule has 0 saturated heterocycles. The Balaban J connectivity index is 1.85. The summed E-state index contributed by atoms with van der Waals surface area (Å²) < 4.78 is 4.08. The lowest BCUT2D eigenvalue weighted by Crippen LogP contribution is -2.47. The zero-order valence-electron chi connectivity index (χ0n) is 14.3. The maximum Gasteiger partial charge on any atom is 0.136 e. The second kappa shape index (κ2) is 4.79. The molecule has 0 radical (unpaired) electrons. The zero-order chi connectivity index (χ0) is 16.4. The SMILES string of the molecule is Cc1nc2c(n1-c1cnn(C)c1)CC[C@H]1[C@H](C)C(=O)CC[C@]21C. The van der Waals surface area contributed by atoms with E-state index in [-0.39, 0.29) is 11.3 Å². The van der Waals surface area contributed by atoms with Crippen molar-refractivity contribution >= 4 is 5.78 Å². The number of rotatable bonds is 1. The number of hydrogen-bond donors (Lipinski definition) is 0. The Hall–Kier alpha value is -1.91. The van der Waals surface area contributed by atoms with Crippen LogP contribution in [0.3, 0.4) is 0 Å². The maximum absolute atomic E-state index is 12.2. The van der Waals surface area contributed by atoms with Crippen LogP contribution in [0.5, 0.6) is 0 Å². The quantitative estimate of drug-likeness (QED) is 0.813. The number of nitrogens with zero attached hydrogens (tertiary/aromatic N) is 4. The van der Waals surface area contributed by atoms with Crippen LogP contribution in [-0.4, -0.2) is 25.1 Å². The number of aromatic nitrogens is 4. The van der Waals surface area contributed by atoms with Crippen LogP contribution >= 0.6 is 0 Å². The molecule has 122 valence electrons. The standard InChI is InChI=1S/C18H24N4O/c1-11-14-5-6-15-17(18(14,3)8-7-16(11)23)20-12(2)22(15)13-9-19-21(4)10-13/h9-11,14H,5-8H2,1-4H3/t11-,14-,18-/m0/s1. The molecule has 2 aromatic rings. The predicted octanol–water partition coefficient (Wildman–Crippen LogP) is 2.73. The van der Waals surface area contributed by atoms with E-state index in [1.54, 1.807) is 0 Å². The summed E-state index contributed by atoms with van der Waals surface area (Å²) in [6.07, 6.45) is 7.61. The van der Waals surface area contributed by atoms with Crippen molar-refractivity contribution in [3.63, 3.8) is 0 Å². The van der Waals surface area contributed by atoms with Gasteiger partial charge in [-0.1, -0.05) is 13.8 Å². The largest absolute Gasteiger partial charge is 0.299 e. The van der Waals surface area contributed by atoms with Crippen LogP contribution in [-0.2, 0) is 23.7 Å². The Labute approximate surface area is 136 Å². The summed E-state index contributed by atoms with van der Waals surface area (Å²) in [5.74, 6) is 2.03. The van der Waals surface area contributed by atoms with Crippen LogP contribution in [0.2, 0.25) is 0 Å². The van der Waals surface area contributed by atoms with Crippen molar-refractivity contribution in [1.82, 2.24) is 19.3 Å². The highest BCUT2D eigenvalue weighted by Crippen LogP contribution is 2.51. The molecule has 1 saturated carbocycles. The molecule has 0 N–H and O–H groups in total. The summed E-state index contributed by atoms with van der Waals surface area (Å²) in [6.45, 7) is 6.50. The summed E-state index contributed by atoms with van der Waals surface area (Å²) in [5.41, 5.74) is 3.64. The molecule has 0 aromatic carbocycles. The Morgan fingerprint density at radius 1 is 1.35 bits per heavy atom. The van der Waals surface area contributed by atoms with Crippen molar-refractivity contribution in [1.29, 1.82) is 0 Å². The summed E-state index contributed by atoms with van der Waals surface area (Å²) in [5, 5.41) is 4.31. The number of imidazole rings is 1. The fourth-order valence-electron chi connectivity index (χ4n) is 4.86. The van der Waals surface area contributed by atoms with Gasteiger partial charge in [-0.25, -0.2) is 4.98 Å². The van der Waals surface area contributed by atoms with E-state index in [1.165, 1.54) is 11.4 Å². The number of aryl methyl sites for hydroxylation is 2. The molecule has 2 aliphatic carbocycles.